The number of hydrogen-bond donors (Lipinski definition) is 0. The Morgan fingerprint density at radius 1 is 1.06 bits per heavy atom. The molecule has 1 aliphatic heterocycles. The molecule has 2 heterocycles. The summed E-state index contributed by atoms with van der Waals surface area (Å²) in [6, 6.07) is 10.5. The van der Waals surface area contributed by atoms with Crippen molar-refractivity contribution in [3.05, 3.63) is 42.0 Å². The van der Waals surface area contributed by atoms with Crippen molar-refractivity contribution in [3.8, 4) is 0 Å². The summed E-state index contributed by atoms with van der Waals surface area (Å²) >= 11 is 1.83. The van der Waals surface area contributed by atoms with E-state index in [9.17, 15) is 0 Å². The number of benzene rings is 1. The lowest BCUT2D eigenvalue weighted by Gasteiger charge is -2.06. The van der Waals surface area contributed by atoms with Gasteiger partial charge in [-0.2, -0.15) is 0 Å². The molecule has 1 aliphatic rings. The molecule has 0 saturated heterocycles. The normalized spacial score (nSPS) is 15.1. The van der Waals surface area contributed by atoms with E-state index in [1.807, 2.05) is 17.8 Å². The molecule has 94 valence electrons. The second-order valence-electron chi connectivity index (χ2n) is 4.60. The van der Waals surface area contributed by atoms with Crippen LogP contribution in [0.4, 0.5) is 0 Å². The van der Waals surface area contributed by atoms with Gasteiger partial charge in [0.2, 0.25) is 0 Å². The molecule has 1 aromatic carbocycles. The van der Waals surface area contributed by atoms with Crippen LogP contribution < -0.4 is 0 Å². The summed E-state index contributed by atoms with van der Waals surface area (Å²) in [5.41, 5.74) is 0. The quantitative estimate of drug-likeness (QED) is 0.792. The third-order valence-corrected chi connectivity index (χ3v) is 4.31. The highest BCUT2D eigenvalue weighted by Crippen LogP contribution is 2.23. The van der Waals surface area contributed by atoms with Gasteiger partial charge < -0.3 is 4.57 Å². The van der Waals surface area contributed by atoms with Crippen molar-refractivity contribution in [2.75, 3.05) is 0 Å². The molecular weight excluding hydrogens is 242 g/mol. The molecule has 0 unspecified atom stereocenters. The smallest absolute Gasteiger partial charge is 0.143 e. The predicted octanol–water partition coefficient (Wildman–Crippen LogP) is 3.30. The van der Waals surface area contributed by atoms with E-state index in [1.54, 1.807) is 0 Å². The van der Waals surface area contributed by atoms with E-state index < -0.39 is 0 Å². The molecule has 0 bridgehead atoms. The minimum absolute atomic E-state index is 0.914. The van der Waals surface area contributed by atoms with E-state index in [0.717, 1.165) is 24.5 Å². The molecule has 18 heavy (non-hydrogen) atoms. The van der Waals surface area contributed by atoms with Gasteiger partial charge in [-0.1, -0.05) is 24.6 Å². The predicted molar refractivity (Wildman–Crippen MR) is 73.6 cm³/mol. The number of fused-ring (bicyclic) bond motifs is 1. The maximum absolute atomic E-state index is 4.35. The van der Waals surface area contributed by atoms with Crippen molar-refractivity contribution >= 4 is 11.8 Å². The maximum Gasteiger partial charge on any atom is 0.143 e. The summed E-state index contributed by atoms with van der Waals surface area (Å²) in [4.78, 5) is 1.29. The zero-order chi connectivity index (χ0) is 12.2. The van der Waals surface area contributed by atoms with E-state index in [0.29, 0.717) is 0 Å². The number of aromatic nitrogens is 3. The number of rotatable bonds is 3. The van der Waals surface area contributed by atoms with Crippen molar-refractivity contribution in [2.45, 2.75) is 42.9 Å². The fourth-order valence-electron chi connectivity index (χ4n) is 2.32. The second-order valence-corrected chi connectivity index (χ2v) is 5.65. The van der Waals surface area contributed by atoms with Gasteiger partial charge in [0.25, 0.3) is 0 Å². The van der Waals surface area contributed by atoms with Gasteiger partial charge in [-0.05, 0) is 25.0 Å². The Bertz CT molecular complexity index is 507. The highest BCUT2D eigenvalue weighted by Gasteiger charge is 2.14. The molecule has 0 fully saturated rings. The lowest BCUT2D eigenvalue weighted by Crippen LogP contribution is -2.04. The zero-order valence-electron chi connectivity index (χ0n) is 10.4. The van der Waals surface area contributed by atoms with Crippen molar-refractivity contribution in [1.29, 1.82) is 0 Å². The molecule has 4 heteroatoms. The first kappa shape index (κ1) is 11.8. The first-order valence-electron chi connectivity index (χ1n) is 6.52. The molecule has 0 aliphatic carbocycles. The maximum atomic E-state index is 4.35. The van der Waals surface area contributed by atoms with Crippen LogP contribution in [0, 0.1) is 0 Å². The first-order valence-corrected chi connectivity index (χ1v) is 7.51. The zero-order valence-corrected chi connectivity index (χ0v) is 11.2. The number of thioether (sulfide) groups is 1. The number of hydrogen-bond acceptors (Lipinski definition) is 3. The SMILES string of the molecule is c1ccc(SCc2nnc3n2CCCCC3)cc1. The highest BCUT2D eigenvalue weighted by molar-refractivity contribution is 7.98. The topological polar surface area (TPSA) is 30.7 Å². The summed E-state index contributed by atoms with van der Waals surface area (Å²) in [6.07, 6.45) is 4.91. The average Bonchev–Trinajstić information content (AvgIpc) is 2.65. The highest BCUT2D eigenvalue weighted by atomic mass is 32.2. The molecule has 0 N–H and O–H groups in total. The third kappa shape index (κ3) is 2.58. The van der Waals surface area contributed by atoms with Crippen LogP contribution in [-0.4, -0.2) is 14.8 Å². The molecule has 0 amide bonds. The fourth-order valence-corrected chi connectivity index (χ4v) is 3.18. The molecule has 0 spiro atoms. The first-order chi connectivity index (χ1) is 8.93. The molecule has 0 atom stereocenters. The van der Waals surface area contributed by atoms with E-state index >= 15 is 0 Å². The standard InChI is InChI=1S/C14H17N3S/c1-3-7-12(8-4-1)18-11-14-16-15-13-9-5-2-6-10-17(13)14/h1,3-4,7-8H,2,5-6,9-11H2. The van der Waals surface area contributed by atoms with Gasteiger partial charge in [-0.15, -0.1) is 22.0 Å². The van der Waals surface area contributed by atoms with Crippen LogP contribution in [0.2, 0.25) is 0 Å². The summed E-state index contributed by atoms with van der Waals surface area (Å²) in [7, 11) is 0. The molecule has 3 nitrogen and oxygen atoms in total. The molecule has 3 rings (SSSR count). The molecule has 0 saturated carbocycles. The minimum atomic E-state index is 0.914. The second kappa shape index (κ2) is 5.57. The fraction of sp³-hybridized carbons (Fsp3) is 0.429. The van der Waals surface area contributed by atoms with Crippen LogP contribution >= 0.6 is 11.8 Å². The van der Waals surface area contributed by atoms with Crippen molar-refractivity contribution in [1.82, 2.24) is 14.8 Å². The van der Waals surface area contributed by atoms with Gasteiger partial charge >= 0.3 is 0 Å². The van der Waals surface area contributed by atoms with Crippen LogP contribution in [0.25, 0.3) is 0 Å². The number of nitrogens with zero attached hydrogens (tertiary/aromatic N) is 3. The van der Waals surface area contributed by atoms with E-state index in [4.69, 9.17) is 0 Å². The van der Waals surface area contributed by atoms with Gasteiger partial charge in [0, 0.05) is 17.9 Å². The van der Waals surface area contributed by atoms with Crippen LogP contribution in [0.5, 0.6) is 0 Å². The Morgan fingerprint density at radius 3 is 2.83 bits per heavy atom. The van der Waals surface area contributed by atoms with Crippen molar-refractivity contribution in [2.24, 2.45) is 0 Å². The van der Waals surface area contributed by atoms with Gasteiger partial charge in [-0.25, -0.2) is 0 Å². The summed E-state index contributed by atoms with van der Waals surface area (Å²) in [6.45, 7) is 1.09. The summed E-state index contributed by atoms with van der Waals surface area (Å²) < 4.78 is 2.32. The van der Waals surface area contributed by atoms with Crippen LogP contribution in [0.3, 0.4) is 0 Å². The van der Waals surface area contributed by atoms with Crippen LogP contribution in [-0.2, 0) is 18.7 Å². The van der Waals surface area contributed by atoms with Crippen molar-refractivity contribution < 1.29 is 0 Å². The molecular formula is C14H17N3S. The Morgan fingerprint density at radius 2 is 1.94 bits per heavy atom. The van der Waals surface area contributed by atoms with Gasteiger partial charge in [-0.3, -0.25) is 0 Å². The Balaban J connectivity index is 1.72. The van der Waals surface area contributed by atoms with Gasteiger partial charge in [0.1, 0.15) is 11.6 Å². The van der Waals surface area contributed by atoms with E-state index in [1.165, 1.54) is 30.0 Å². The van der Waals surface area contributed by atoms with Gasteiger partial charge in [0.05, 0.1) is 5.75 Å². The Hall–Kier alpha value is -1.29. The van der Waals surface area contributed by atoms with Gasteiger partial charge in [0.15, 0.2) is 0 Å². The third-order valence-electron chi connectivity index (χ3n) is 3.30. The lowest BCUT2D eigenvalue weighted by atomic mass is 10.2. The Kier molecular flexibility index (Phi) is 3.64. The monoisotopic (exact) mass is 259 g/mol. The molecule has 2 aromatic rings. The van der Waals surface area contributed by atoms with E-state index in [2.05, 4.69) is 39.0 Å². The van der Waals surface area contributed by atoms with Crippen LogP contribution in [0.15, 0.2) is 35.2 Å². The van der Waals surface area contributed by atoms with E-state index in [-0.39, 0.29) is 0 Å². The molecule has 0 radical (unpaired) electrons. The van der Waals surface area contributed by atoms with Crippen LogP contribution in [0.1, 0.15) is 30.9 Å². The molecule has 1 aromatic heterocycles. The summed E-state index contributed by atoms with van der Waals surface area (Å²) in [5, 5.41) is 8.68. The largest absolute Gasteiger partial charge is 0.314 e. The van der Waals surface area contributed by atoms with Crippen molar-refractivity contribution in [3.63, 3.8) is 0 Å². The number of aryl methyl sites for hydroxylation is 1. The summed E-state index contributed by atoms with van der Waals surface area (Å²) in [5.74, 6) is 3.22. The Labute approximate surface area is 112 Å². The minimum Gasteiger partial charge on any atom is -0.314 e. The lowest BCUT2D eigenvalue weighted by molar-refractivity contribution is 0.617. The average molecular weight is 259 g/mol.